The predicted octanol–water partition coefficient (Wildman–Crippen LogP) is 2.04. The van der Waals surface area contributed by atoms with E-state index in [1.165, 1.54) is 0 Å². The maximum atomic E-state index is 12.0. The van der Waals surface area contributed by atoms with Gasteiger partial charge in [-0.25, -0.2) is 0 Å². The normalized spacial score (nSPS) is 15.5. The van der Waals surface area contributed by atoms with Gasteiger partial charge >= 0.3 is 0 Å². The van der Waals surface area contributed by atoms with Gasteiger partial charge in [-0.15, -0.1) is 5.10 Å². The summed E-state index contributed by atoms with van der Waals surface area (Å²) in [5, 5.41) is 8.23. The highest BCUT2D eigenvalue weighted by atomic mass is 32.1. The van der Waals surface area contributed by atoms with Gasteiger partial charge in [-0.1, -0.05) is 10.6 Å². The number of ether oxygens (including phenoxy) is 1. The van der Waals surface area contributed by atoms with Gasteiger partial charge in [-0.3, -0.25) is 14.8 Å². The van der Waals surface area contributed by atoms with Gasteiger partial charge in [-0.05, 0) is 35.6 Å². The quantitative estimate of drug-likeness (QED) is 0.772. The van der Waals surface area contributed by atoms with Crippen molar-refractivity contribution < 1.29 is 9.53 Å². The first kappa shape index (κ1) is 15.6. The second-order valence-corrected chi connectivity index (χ2v) is 6.45. The van der Waals surface area contributed by atoms with E-state index in [-0.39, 0.29) is 12.0 Å². The largest absolute Gasteiger partial charge is 0.487 e. The van der Waals surface area contributed by atoms with Crippen LogP contribution < -0.4 is 10.1 Å². The number of amides is 1. The molecule has 25 heavy (non-hydrogen) atoms. The number of rotatable bonds is 4. The number of carbonyl (C=O) groups is 1. The summed E-state index contributed by atoms with van der Waals surface area (Å²) >= 11 is 1.15. The van der Waals surface area contributed by atoms with Crippen molar-refractivity contribution in [2.45, 2.75) is 19.4 Å². The van der Waals surface area contributed by atoms with Crippen molar-refractivity contribution in [1.29, 1.82) is 0 Å². The second-order valence-electron chi connectivity index (χ2n) is 5.84. The summed E-state index contributed by atoms with van der Waals surface area (Å²) in [6, 6.07) is 4.16. The molecule has 1 amide bonds. The van der Waals surface area contributed by atoms with Gasteiger partial charge in [0.1, 0.15) is 11.9 Å². The molecule has 1 N–H and O–H groups in total. The molecule has 1 atom stereocenters. The number of aryl methyl sites for hydroxylation is 1. The third-order valence-electron chi connectivity index (χ3n) is 3.96. The van der Waals surface area contributed by atoms with Crippen LogP contribution in [-0.2, 0) is 6.42 Å². The van der Waals surface area contributed by atoms with Crippen LogP contribution in [0.4, 0.5) is 0 Å². The first-order valence-electron chi connectivity index (χ1n) is 7.82. The summed E-state index contributed by atoms with van der Waals surface area (Å²) in [5.74, 6) is 0.583. The van der Waals surface area contributed by atoms with E-state index in [4.69, 9.17) is 4.74 Å². The van der Waals surface area contributed by atoms with Crippen LogP contribution in [0.5, 0.6) is 5.75 Å². The molecule has 0 aliphatic carbocycles. The van der Waals surface area contributed by atoms with Gasteiger partial charge in [0.25, 0.3) is 5.91 Å². The zero-order valence-corrected chi connectivity index (χ0v) is 14.3. The van der Waals surface area contributed by atoms with E-state index in [1.807, 2.05) is 13.0 Å². The summed E-state index contributed by atoms with van der Waals surface area (Å²) in [6.07, 6.45) is 5.65. The molecule has 0 spiro atoms. The number of benzene rings is 1. The molecular weight excluding hydrogens is 338 g/mol. The molecule has 3 heterocycles. The Hall–Kier alpha value is -2.87. The van der Waals surface area contributed by atoms with Crippen molar-refractivity contribution in [3.8, 4) is 17.0 Å². The average molecular weight is 353 g/mol. The number of nitrogens with zero attached hydrogens (tertiary/aromatic N) is 4. The van der Waals surface area contributed by atoms with Gasteiger partial charge in [0.05, 0.1) is 18.4 Å². The fourth-order valence-electron chi connectivity index (χ4n) is 2.90. The van der Waals surface area contributed by atoms with Gasteiger partial charge in [0.15, 0.2) is 5.69 Å². The molecule has 1 unspecified atom stereocenters. The van der Waals surface area contributed by atoms with Crippen molar-refractivity contribution in [3.05, 3.63) is 52.9 Å². The van der Waals surface area contributed by atoms with Crippen LogP contribution in [0.3, 0.4) is 0 Å². The third-order valence-corrected chi connectivity index (χ3v) is 4.47. The lowest BCUT2D eigenvalue weighted by molar-refractivity contribution is 0.0928. The van der Waals surface area contributed by atoms with Crippen LogP contribution in [0.1, 0.15) is 21.6 Å². The van der Waals surface area contributed by atoms with E-state index in [0.29, 0.717) is 12.2 Å². The van der Waals surface area contributed by atoms with Gasteiger partial charge in [0.2, 0.25) is 0 Å². The van der Waals surface area contributed by atoms with Crippen molar-refractivity contribution >= 4 is 17.4 Å². The molecule has 4 rings (SSSR count). The summed E-state index contributed by atoms with van der Waals surface area (Å²) in [5.41, 5.74) is 4.30. The molecule has 0 radical (unpaired) electrons. The fourth-order valence-corrected chi connectivity index (χ4v) is 3.33. The number of fused-ring (bicyclic) bond motifs is 1. The summed E-state index contributed by atoms with van der Waals surface area (Å²) in [7, 11) is 0. The number of carbonyl (C=O) groups excluding carboxylic acids is 1. The minimum atomic E-state index is -0.237. The monoisotopic (exact) mass is 353 g/mol. The molecule has 0 saturated heterocycles. The molecule has 1 aliphatic heterocycles. The van der Waals surface area contributed by atoms with Crippen LogP contribution in [0.25, 0.3) is 11.3 Å². The number of nitrogens with one attached hydrogen (secondary N) is 1. The first-order chi connectivity index (χ1) is 12.2. The molecule has 0 bridgehead atoms. The molecule has 3 aromatic rings. The van der Waals surface area contributed by atoms with Crippen LogP contribution in [0.15, 0.2) is 36.1 Å². The van der Waals surface area contributed by atoms with E-state index in [2.05, 4.69) is 30.9 Å². The Morgan fingerprint density at radius 1 is 1.40 bits per heavy atom. The highest BCUT2D eigenvalue weighted by molar-refractivity contribution is 7.03. The van der Waals surface area contributed by atoms with Gasteiger partial charge in [-0.2, -0.15) is 0 Å². The Morgan fingerprint density at radius 3 is 3.08 bits per heavy atom. The molecular formula is C17H15N5O2S. The van der Waals surface area contributed by atoms with E-state index in [1.54, 1.807) is 24.0 Å². The molecule has 1 aliphatic rings. The number of aromatic nitrogens is 4. The molecule has 7 nitrogen and oxygen atoms in total. The Labute approximate surface area is 148 Å². The first-order valence-corrected chi connectivity index (χ1v) is 8.66. The van der Waals surface area contributed by atoms with Gasteiger partial charge in [0, 0.05) is 29.8 Å². The lowest BCUT2D eigenvalue weighted by Crippen LogP contribution is -2.34. The lowest BCUT2D eigenvalue weighted by Gasteiger charge is -2.13. The fraction of sp³-hybridized carbons (Fsp3) is 0.235. The molecule has 1 aromatic carbocycles. The van der Waals surface area contributed by atoms with Crippen LogP contribution in [0.2, 0.25) is 0 Å². The third kappa shape index (κ3) is 3.20. The van der Waals surface area contributed by atoms with Crippen molar-refractivity contribution in [3.63, 3.8) is 0 Å². The maximum absolute atomic E-state index is 12.0. The molecule has 0 fully saturated rings. The van der Waals surface area contributed by atoms with Crippen molar-refractivity contribution in [2.24, 2.45) is 0 Å². The SMILES string of the molecule is Cc1cc2c(c(-c3cnccn3)c1)OC(CNC(=O)c1csnn1)C2. The number of hydrogen-bond donors (Lipinski definition) is 1. The smallest absolute Gasteiger partial charge is 0.272 e. The molecule has 8 heteroatoms. The molecule has 0 saturated carbocycles. The topological polar surface area (TPSA) is 89.9 Å². The average Bonchev–Trinajstić information content (AvgIpc) is 3.29. The molecule has 126 valence electrons. The van der Waals surface area contributed by atoms with E-state index in [0.717, 1.165) is 46.1 Å². The Bertz CT molecular complexity index is 899. The van der Waals surface area contributed by atoms with Crippen LogP contribution >= 0.6 is 11.5 Å². The van der Waals surface area contributed by atoms with Crippen LogP contribution in [-0.4, -0.2) is 38.1 Å². The zero-order chi connectivity index (χ0) is 17.2. The Morgan fingerprint density at radius 2 is 2.32 bits per heavy atom. The van der Waals surface area contributed by atoms with E-state index >= 15 is 0 Å². The van der Waals surface area contributed by atoms with Crippen molar-refractivity contribution in [2.75, 3.05) is 6.54 Å². The summed E-state index contributed by atoms with van der Waals surface area (Å²) < 4.78 is 9.80. The zero-order valence-electron chi connectivity index (χ0n) is 13.5. The van der Waals surface area contributed by atoms with E-state index in [9.17, 15) is 4.79 Å². The van der Waals surface area contributed by atoms with E-state index < -0.39 is 0 Å². The standard InChI is InChI=1S/C17H15N5O2S/c1-10-4-11-6-12(7-20-17(23)15-9-25-22-21-15)24-16(11)13(5-10)14-8-18-2-3-19-14/h2-5,8-9,12H,6-7H2,1H3,(H,20,23). The highest BCUT2D eigenvalue weighted by Crippen LogP contribution is 2.38. The highest BCUT2D eigenvalue weighted by Gasteiger charge is 2.27. The minimum absolute atomic E-state index is 0.122. The van der Waals surface area contributed by atoms with Gasteiger partial charge < -0.3 is 10.1 Å². The lowest BCUT2D eigenvalue weighted by atomic mass is 10.0. The Kier molecular flexibility index (Phi) is 4.10. The maximum Gasteiger partial charge on any atom is 0.272 e. The molecule has 2 aromatic heterocycles. The summed E-state index contributed by atoms with van der Waals surface area (Å²) in [6.45, 7) is 2.45. The number of hydrogen-bond acceptors (Lipinski definition) is 7. The summed E-state index contributed by atoms with van der Waals surface area (Å²) in [4.78, 5) is 20.5. The minimum Gasteiger partial charge on any atom is -0.487 e. The second kappa shape index (κ2) is 6.56. The Balaban J connectivity index is 1.51. The van der Waals surface area contributed by atoms with Crippen LogP contribution in [0, 0.1) is 6.92 Å². The van der Waals surface area contributed by atoms with Crippen molar-refractivity contribution in [1.82, 2.24) is 24.9 Å². The predicted molar refractivity (Wildman–Crippen MR) is 92.6 cm³/mol.